The molecule has 5 nitrogen and oxygen atoms in total. The maximum Gasteiger partial charge on any atom is 0.235 e. The topological polar surface area (TPSA) is 79.2 Å². The molecule has 25 heavy (non-hydrogen) atoms. The van der Waals surface area contributed by atoms with Crippen molar-refractivity contribution in [2.75, 3.05) is 4.72 Å². The summed E-state index contributed by atoms with van der Waals surface area (Å²) in [7, 11) is -3.39. The number of nitriles is 1. The summed E-state index contributed by atoms with van der Waals surface area (Å²) in [5.74, 6) is 0.785. The number of sulfonamides is 1. The minimum Gasteiger partial charge on any atom is -0.491 e. The number of benzene rings is 2. The van der Waals surface area contributed by atoms with Gasteiger partial charge in [-0.1, -0.05) is 18.2 Å². The van der Waals surface area contributed by atoms with Crippen LogP contribution in [0, 0.1) is 11.3 Å². The van der Waals surface area contributed by atoms with Crippen molar-refractivity contribution in [2.24, 2.45) is 0 Å². The minimum absolute atomic E-state index is 0.106. The van der Waals surface area contributed by atoms with Crippen molar-refractivity contribution < 1.29 is 13.2 Å². The molecule has 1 saturated carbocycles. The molecule has 0 aromatic heterocycles. The Morgan fingerprint density at radius 1 is 1.12 bits per heavy atom. The third-order valence-corrected chi connectivity index (χ3v) is 5.77. The number of ether oxygens (including phenoxy) is 1. The standard InChI is InChI=1S/C19H20N2O3S/c1-13(2)24-17-6-3-14(4-7-17)15-5-10-19(16(11-15)12-20)21-25(22,23)18-8-9-18/h3-7,10-11,13,18,21H,8-9H2,1-2H3. The largest absolute Gasteiger partial charge is 0.491 e. The predicted molar refractivity (Wildman–Crippen MR) is 97.9 cm³/mol. The number of nitrogens with zero attached hydrogens (tertiary/aromatic N) is 1. The van der Waals surface area contributed by atoms with Crippen LogP contribution >= 0.6 is 0 Å². The molecule has 0 amide bonds. The molecular weight excluding hydrogens is 336 g/mol. The summed E-state index contributed by atoms with van der Waals surface area (Å²) in [4.78, 5) is 0. The number of rotatable bonds is 6. The Morgan fingerprint density at radius 2 is 1.76 bits per heavy atom. The zero-order valence-electron chi connectivity index (χ0n) is 14.2. The highest BCUT2D eigenvalue weighted by Gasteiger charge is 2.36. The fourth-order valence-electron chi connectivity index (χ4n) is 2.52. The first-order chi connectivity index (χ1) is 11.9. The van der Waals surface area contributed by atoms with Crippen molar-refractivity contribution in [3.63, 3.8) is 0 Å². The van der Waals surface area contributed by atoms with Crippen LogP contribution < -0.4 is 9.46 Å². The second-order valence-corrected chi connectivity index (χ2v) is 8.37. The van der Waals surface area contributed by atoms with E-state index in [4.69, 9.17) is 4.74 Å². The average molecular weight is 356 g/mol. The second kappa shape index (κ2) is 6.77. The third kappa shape index (κ3) is 4.12. The van der Waals surface area contributed by atoms with E-state index in [2.05, 4.69) is 10.8 Å². The molecule has 3 rings (SSSR count). The number of nitrogens with one attached hydrogen (secondary N) is 1. The number of anilines is 1. The highest BCUT2D eigenvalue weighted by molar-refractivity contribution is 7.93. The van der Waals surface area contributed by atoms with Crippen LogP contribution in [0.15, 0.2) is 42.5 Å². The summed E-state index contributed by atoms with van der Waals surface area (Å²) < 4.78 is 32.3. The lowest BCUT2D eigenvalue weighted by molar-refractivity contribution is 0.242. The van der Waals surface area contributed by atoms with Crippen molar-refractivity contribution in [1.29, 1.82) is 5.26 Å². The van der Waals surface area contributed by atoms with Gasteiger partial charge >= 0.3 is 0 Å². The quantitative estimate of drug-likeness (QED) is 0.851. The first kappa shape index (κ1) is 17.3. The summed E-state index contributed by atoms with van der Waals surface area (Å²) in [5.41, 5.74) is 2.42. The first-order valence-electron chi connectivity index (χ1n) is 8.22. The van der Waals surface area contributed by atoms with Crippen LogP contribution in [0.4, 0.5) is 5.69 Å². The summed E-state index contributed by atoms with van der Waals surface area (Å²) in [6, 6.07) is 14.8. The van der Waals surface area contributed by atoms with Crippen LogP contribution in [0.5, 0.6) is 5.75 Å². The molecule has 0 radical (unpaired) electrons. The molecule has 1 N–H and O–H groups in total. The van der Waals surface area contributed by atoms with E-state index in [0.717, 1.165) is 16.9 Å². The number of hydrogen-bond acceptors (Lipinski definition) is 4. The Kier molecular flexibility index (Phi) is 4.69. The van der Waals surface area contributed by atoms with Gasteiger partial charge < -0.3 is 4.74 Å². The van der Waals surface area contributed by atoms with E-state index < -0.39 is 10.0 Å². The van der Waals surface area contributed by atoms with Crippen molar-refractivity contribution in [3.05, 3.63) is 48.0 Å². The summed E-state index contributed by atoms with van der Waals surface area (Å²) in [5, 5.41) is 9.05. The van der Waals surface area contributed by atoms with E-state index in [0.29, 0.717) is 24.1 Å². The second-order valence-electron chi connectivity index (χ2n) is 6.41. The van der Waals surface area contributed by atoms with E-state index in [1.54, 1.807) is 12.1 Å². The van der Waals surface area contributed by atoms with Crippen molar-refractivity contribution in [3.8, 4) is 22.9 Å². The van der Waals surface area contributed by atoms with Gasteiger partial charge in [0.1, 0.15) is 11.8 Å². The molecular formula is C19H20N2O3S. The van der Waals surface area contributed by atoms with Gasteiger partial charge in [-0.3, -0.25) is 4.72 Å². The fourth-order valence-corrected chi connectivity index (χ4v) is 3.93. The molecule has 2 aromatic carbocycles. The lowest BCUT2D eigenvalue weighted by Gasteiger charge is -2.12. The van der Waals surface area contributed by atoms with Crippen molar-refractivity contribution >= 4 is 15.7 Å². The summed E-state index contributed by atoms with van der Waals surface area (Å²) in [6.07, 6.45) is 1.47. The predicted octanol–water partition coefficient (Wildman–Crippen LogP) is 3.92. The monoisotopic (exact) mass is 356 g/mol. The van der Waals surface area contributed by atoms with Gasteiger partial charge in [0, 0.05) is 0 Å². The molecule has 130 valence electrons. The molecule has 0 heterocycles. The van der Waals surface area contributed by atoms with E-state index in [1.165, 1.54) is 0 Å². The molecule has 1 aliphatic carbocycles. The van der Waals surface area contributed by atoms with Gasteiger partial charge in [0.15, 0.2) is 0 Å². The van der Waals surface area contributed by atoms with Crippen LogP contribution in [0.2, 0.25) is 0 Å². The molecule has 1 aliphatic rings. The number of hydrogen-bond donors (Lipinski definition) is 1. The van der Waals surface area contributed by atoms with Crippen molar-refractivity contribution in [2.45, 2.75) is 38.0 Å². The molecule has 0 spiro atoms. The Bertz CT molecular complexity index is 909. The third-order valence-electron chi connectivity index (χ3n) is 3.91. The molecule has 6 heteroatoms. The Balaban J connectivity index is 1.85. The average Bonchev–Trinajstić information content (AvgIpc) is 3.41. The van der Waals surface area contributed by atoms with Gasteiger partial charge in [0.05, 0.1) is 22.6 Å². The van der Waals surface area contributed by atoms with Crippen LogP contribution in [0.1, 0.15) is 32.3 Å². The van der Waals surface area contributed by atoms with E-state index in [-0.39, 0.29) is 11.4 Å². The lowest BCUT2D eigenvalue weighted by Crippen LogP contribution is -2.18. The van der Waals surface area contributed by atoms with E-state index in [1.807, 2.05) is 44.2 Å². The van der Waals surface area contributed by atoms with Gasteiger partial charge in [0.25, 0.3) is 0 Å². The first-order valence-corrected chi connectivity index (χ1v) is 9.76. The van der Waals surface area contributed by atoms with Gasteiger partial charge in [-0.2, -0.15) is 5.26 Å². The van der Waals surface area contributed by atoms with E-state index in [9.17, 15) is 13.7 Å². The molecule has 0 saturated heterocycles. The van der Waals surface area contributed by atoms with Gasteiger partial charge in [-0.25, -0.2) is 8.42 Å². The minimum atomic E-state index is -3.39. The van der Waals surface area contributed by atoms with Gasteiger partial charge in [-0.15, -0.1) is 0 Å². The highest BCUT2D eigenvalue weighted by atomic mass is 32.2. The van der Waals surface area contributed by atoms with E-state index >= 15 is 0 Å². The van der Waals surface area contributed by atoms with Crippen LogP contribution in [0.3, 0.4) is 0 Å². The van der Waals surface area contributed by atoms with Gasteiger partial charge in [0.2, 0.25) is 10.0 Å². The zero-order chi connectivity index (χ0) is 18.0. The zero-order valence-corrected chi connectivity index (χ0v) is 15.0. The molecule has 0 bridgehead atoms. The smallest absolute Gasteiger partial charge is 0.235 e. The Labute approximate surface area is 148 Å². The molecule has 0 aliphatic heterocycles. The SMILES string of the molecule is CC(C)Oc1ccc(-c2ccc(NS(=O)(=O)C3CC3)c(C#N)c2)cc1. The fraction of sp³-hybridized carbons (Fsp3) is 0.316. The molecule has 1 fully saturated rings. The maximum absolute atomic E-state index is 12.1. The Morgan fingerprint density at radius 3 is 2.32 bits per heavy atom. The molecule has 0 unspecified atom stereocenters. The van der Waals surface area contributed by atoms with Crippen LogP contribution in [-0.2, 0) is 10.0 Å². The normalized spacial score (nSPS) is 14.2. The maximum atomic E-state index is 12.1. The Hall–Kier alpha value is -2.52. The summed E-state index contributed by atoms with van der Waals surface area (Å²) in [6.45, 7) is 3.93. The molecule has 0 atom stereocenters. The van der Waals surface area contributed by atoms with Gasteiger partial charge in [-0.05, 0) is 62.1 Å². The van der Waals surface area contributed by atoms with Crippen LogP contribution in [0.25, 0.3) is 11.1 Å². The summed E-state index contributed by atoms with van der Waals surface area (Å²) >= 11 is 0. The lowest BCUT2D eigenvalue weighted by atomic mass is 10.0. The molecule has 2 aromatic rings. The van der Waals surface area contributed by atoms with Crippen molar-refractivity contribution in [1.82, 2.24) is 0 Å². The van der Waals surface area contributed by atoms with Crippen LogP contribution in [-0.4, -0.2) is 19.8 Å². The highest BCUT2D eigenvalue weighted by Crippen LogP contribution is 2.32.